The first-order chi connectivity index (χ1) is 13.5. The van der Waals surface area contributed by atoms with E-state index >= 15 is 0 Å². The normalized spacial score (nSPS) is 33.1. The molecule has 5 aliphatic rings. The van der Waals surface area contributed by atoms with Crippen molar-refractivity contribution in [2.75, 3.05) is 25.0 Å². The van der Waals surface area contributed by atoms with Gasteiger partial charge in [0.05, 0.1) is 6.61 Å². The number of nitrogens with one attached hydrogen (secondary N) is 1. The third-order valence-corrected chi connectivity index (χ3v) is 7.67. The minimum Gasteiger partial charge on any atom is -0.395 e. The number of hydrogen-bond acceptors (Lipinski definition) is 3. The van der Waals surface area contributed by atoms with Crippen LogP contribution >= 0.6 is 0 Å². The number of aliphatic hydroxyl groups is 1. The monoisotopic (exact) mass is 382 g/mol. The SMILES string of the molecule is O=C(CC12CC3CC(CC(C3)C1)C2)Nc1cccc2c1CCN(CCO)C2=O. The second-order valence-corrected chi connectivity index (χ2v) is 9.74. The molecule has 150 valence electrons. The summed E-state index contributed by atoms with van der Waals surface area (Å²) in [5, 5.41) is 12.3. The average molecular weight is 383 g/mol. The fourth-order valence-corrected chi connectivity index (χ4v) is 7.07. The lowest BCUT2D eigenvalue weighted by atomic mass is 9.49. The second kappa shape index (κ2) is 6.87. The minimum absolute atomic E-state index is 0.0252. The molecule has 28 heavy (non-hydrogen) atoms. The largest absolute Gasteiger partial charge is 0.395 e. The Balaban J connectivity index is 1.31. The summed E-state index contributed by atoms with van der Waals surface area (Å²) in [5.74, 6) is 2.60. The number of β-amino-alcohol motifs (C(OH)–C–C–N with tert-alkyl or cyclic N) is 1. The van der Waals surface area contributed by atoms with Crippen molar-refractivity contribution in [2.24, 2.45) is 23.2 Å². The number of carbonyl (C=O) groups is 2. The summed E-state index contributed by atoms with van der Waals surface area (Å²) in [7, 11) is 0. The van der Waals surface area contributed by atoms with E-state index in [-0.39, 0.29) is 23.8 Å². The zero-order valence-corrected chi connectivity index (χ0v) is 16.5. The molecular weight excluding hydrogens is 352 g/mol. The Morgan fingerprint density at radius 1 is 1.14 bits per heavy atom. The van der Waals surface area contributed by atoms with Gasteiger partial charge >= 0.3 is 0 Å². The maximum Gasteiger partial charge on any atom is 0.254 e. The lowest BCUT2D eigenvalue weighted by Gasteiger charge is -2.56. The van der Waals surface area contributed by atoms with Crippen molar-refractivity contribution in [2.45, 2.75) is 51.4 Å². The van der Waals surface area contributed by atoms with Crippen LogP contribution in [0.4, 0.5) is 5.69 Å². The predicted molar refractivity (Wildman–Crippen MR) is 107 cm³/mol. The number of rotatable bonds is 5. The van der Waals surface area contributed by atoms with Crippen molar-refractivity contribution in [3.8, 4) is 0 Å². The van der Waals surface area contributed by atoms with E-state index in [0.29, 0.717) is 25.1 Å². The summed E-state index contributed by atoms with van der Waals surface area (Å²) >= 11 is 0. The maximum absolute atomic E-state index is 13.0. The Kier molecular flexibility index (Phi) is 4.46. The molecule has 0 unspecified atom stereocenters. The Labute approximate surface area is 166 Å². The number of nitrogens with zero attached hydrogens (tertiary/aromatic N) is 1. The molecule has 1 aliphatic heterocycles. The van der Waals surface area contributed by atoms with Gasteiger partial charge in [-0.05, 0) is 85.8 Å². The van der Waals surface area contributed by atoms with Gasteiger partial charge in [-0.2, -0.15) is 0 Å². The van der Waals surface area contributed by atoms with E-state index in [1.807, 2.05) is 18.2 Å². The number of amides is 2. The van der Waals surface area contributed by atoms with Crippen molar-refractivity contribution in [1.29, 1.82) is 0 Å². The molecule has 0 saturated heterocycles. The number of fused-ring (bicyclic) bond motifs is 1. The van der Waals surface area contributed by atoms with E-state index in [9.17, 15) is 9.59 Å². The Morgan fingerprint density at radius 3 is 2.46 bits per heavy atom. The average Bonchev–Trinajstić information content (AvgIpc) is 2.63. The molecule has 4 aliphatic carbocycles. The molecule has 0 aromatic heterocycles. The van der Waals surface area contributed by atoms with Crippen LogP contribution in [0.2, 0.25) is 0 Å². The molecule has 6 rings (SSSR count). The van der Waals surface area contributed by atoms with Crippen molar-refractivity contribution in [1.82, 2.24) is 4.90 Å². The zero-order valence-electron chi connectivity index (χ0n) is 16.5. The van der Waals surface area contributed by atoms with Crippen LogP contribution in [-0.2, 0) is 11.2 Å². The smallest absolute Gasteiger partial charge is 0.254 e. The van der Waals surface area contributed by atoms with E-state index in [1.165, 1.54) is 38.5 Å². The maximum atomic E-state index is 13.0. The van der Waals surface area contributed by atoms with Gasteiger partial charge in [0.25, 0.3) is 5.91 Å². The van der Waals surface area contributed by atoms with Crippen molar-refractivity contribution < 1.29 is 14.7 Å². The highest BCUT2D eigenvalue weighted by atomic mass is 16.3. The summed E-state index contributed by atoms with van der Waals surface area (Å²) in [6.45, 7) is 0.928. The van der Waals surface area contributed by atoms with Crippen LogP contribution in [0, 0.1) is 23.2 Å². The van der Waals surface area contributed by atoms with E-state index in [1.54, 1.807) is 4.90 Å². The zero-order chi connectivity index (χ0) is 19.3. The number of benzene rings is 1. The molecule has 2 N–H and O–H groups in total. The first-order valence-corrected chi connectivity index (χ1v) is 10.9. The topological polar surface area (TPSA) is 69.6 Å². The number of hydrogen-bond donors (Lipinski definition) is 2. The molecule has 1 aromatic rings. The van der Waals surface area contributed by atoms with Gasteiger partial charge in [0.2, 0.25) is 5.91 Å². The van der Waals surface area contributed by atoms with E-state index in [2.05, 4.69) is 5.32 Å². The van der Waals surface area contributed by atoms with Gasteiger partial charge < -0.3 is 15.3 Å². The summed E-state index contributed by atoms with van der Waals surface area (Å²) in [5.41, 5.74) is 2.62. The van der Waals surface area contributed by atoms with Crippen LogP contribution < -0.4 is 5.32 Å². The fourth-order valence-electron chi connectivity index (χ4n) is 7.07. The molecule has 2 amide bonds. The van der Waals surface area contributed by atoms with Gasteiger partial charge in [0.1, 0.15) is 0 Å². The Morgan fingerprint density at radius 2 is 1.82 bits per heavy atom. The molecule has 0 atom stereocenters. The first kappa shape index (κ1) is 18.2. The quantitative estimate of drug-likeness (QED) is 0.821. The van der Waals surface area contributed by atoms with E-state index < -0.39 is 0 Å². The summed E-state index contributed by atoms with van der Waals surface area (Å²) in [4.78, 5) is 27.3. The Hall–Kier alpha value is -1.88. The predicted octanol–water partition coefficient (Wildman–Crippen LogP) is 3.22. The molecule has 4 fully saturated rings. The summed E-state index contributed by atoms with van der Waals surface area (Å²) < 4.78 is 0. The highest BCUT2D eigenvalue weighted by molar-refractivity contribution is 6.00. The fraction of sp³-hybridized carbons (Fsp3) is 0.652. The molecule has 5 nitrogen and oxygen atoms in total. The van der Waals surface area contributed by atoms with Crippen molar-refractivity contribution in [3.05, 3.63) is 29.3 Å². The molecule has 1 heterocycles. The molecule has 0 radical (unpaired) electrons. The van der Waals surface area contributed by atoms with Gasteiger partial charge in [-0.1, -0.05) is 6.07 Å². The highest BCUT2D eigenvalue weighted by Crippen LogP contribution is 2.61. The van der Waals surface area contributed by atoms with Crippen LogP contribution in [0.5, 0.6) is 0 Å². The highest BCUT2D eigenvalue weighted by Gasteiger charge is 2.51. The number of carbonyl (C=O) groups excluding carboxylic acids is 2. The van der Waals surface area contributed by atoms with Gasteiger partial charge in [-0.3, -0.25) is 9.59 Å². The van der Waals surface area contributed by atoms with Crippen LogP contribution in [0.15, 0.2) is 18.2 Å². The standard InChI is InChI=1S/C23H30N2O3/c26-7-6-25-5-4-18-19(22(25)28)2-1-3-20(18)24-21(27)14-23-11-15-8-16(12-23)10-17(9-15)13-23/h1-3,15-17,26H,4-14H2,(H,24,27). The summed E-state index contributed by atoms with van der Waals surface area (Å²) in [6.07, 6.45) is 9.20. The van der Waals surface area contributed by atoms with E-state index in [4.69, 9.17) is 5.11 Å². The number of aliphatic hydroxyl groups excluding tert-OH is 1. The van der Waals surface area contributed by atoms with Gasteiger partial charge in [0.15, 0.2) is 0 Å². The molecule has 5 heteroatoms. The Bertz CT molecular complexity index is 768. The van der Waals surface area contributed by atoms with Gasteiger partial charge in [-0.25, -0.2) is 0 Å². The molecule has 0 spiro atoms. The summed E-state index contributed by atoms with van der Waals surface area (Å²) in [6, 6.07) is 5.60. The molecule has 4 saturated carbocycles. The minimum atomic E-state index is -0.0486. The van der Waals surface area contributed by atoms with Crippen LogP contribution in [0.3, 0.4) is 0 Å². The van der Waals surface area contributed by atoms with Crippen molar-refractivity contribution >= 4 is 17.5 Å². The molecule has 1 aromatic carbocycles. The first-order valence-electron chi connectivity index (χ1n) is 10.9. The van der Waals surface area contributed by atoms with Crippen LogP contribution in [0.1, 0.15) is 60.9 Å². The van der Waals surface area contributed by atoms with Crippen LogP contribution in [-0.4, -0.2) is 41.5 Å². The third kappa shape index (κ3) is 3.14. The number of anilines is 1. The third-order valence-electron chi connectivity index (χ3n) is 7.67. The lowest BCUT2D eigenvalue weighted by Crippen LogP contribution is -2.47. The molecular formula is C23H30N2O3. The molecule has 4 bridgehead atoms. The van der Waals surface area contributed by atoms with Crippen LogP contribution in [0.25, 0.3) is 0 Å². The van der Waals surface area contributed by atoms with E-state index in [0.717, 1.165) is 35.4 Å². The van der Waals surface area contributed by atoms with Gasteiger partial charge in [0, 0.05) is 30.8 Å². The van der Waals surface area contributed by atoms with Gasteiger partial charge in [-0.15, -0.1) is 0 Å². The lowest BCUT2D eigenvalue weighted by molar-refractivity contribution is -0.124. The van der Waals surface area contributed by atoms with Crippen molar-refractivity contribution in [3.63, 3.8) is 0 Å². The second-order valence-electron chi connectivity index (χ2n) is 9.74.